The molecule has 23 heteroatoms. The van der Waals surface area contributed by atoms with Crippen LogP contribution in [-0.4, -0.2) is 227 Å². The Bertz CT molecular complexity index is 2330. The fraction of sp³-hybridized carbons (Fsp3) is 0.790. The Balaban J connectivity index is 4.32. The van der Waals surface area contributed by atoms with Gasteiger partial charge in [-0.3, -0.25) is 52.7 Å². The van der Waals surface area contributed by atoms with Gasteiger partial charge in [0.05, 0.1) is 12.6 Å². The summed E-state index contributed by atoms with van der Waals surface area (Å²) < 4.78 is 0. The van der Waals surface area contributed by atoms with Crippen LogP contribution in [0.15, 0.2) is 12.2 Å². The summed E-state index contributed by atoms with van der Waals surface area (Å²) in [4.78, 5) is 169. The predicted molar refractivity (Wildman–Crippen MR) is 328 cm³/mol. The quantitative estimate of drug-likeness (QED) is 0.148. The minimum Gasteiger partial charge on any atom is -0.390 e. The fourth-order valence-electron chi connectivity index (χ4n) is 10.7. The third kappa shape index (κ3) is 21.7. The number of carbonyl (C=O) groups excluding carboxylic acids is 11. The van der Waals surface area contributed by atoms with E-state index in [2.05, 4.69) is 21.3 Å². The number of likely N-dealkylation sites (N-methyl/N-ethyl adjacent to an activating group) is 7. The molecule has 0 saturated carbocycles. The van der Waals surface area contributed by atoms with E-state index >= 15 is 9.59 Å². The molecular weight excluding hydrogens is 1090 g/mol. The largest absolute Gasteiger partial charge is 0.390 e. The molecule has 0 aromatic carbocycles. The monoisotopic (exact) mass is 1200 g/mol. The van der Waals surface area contributed by atoms with Crippen LogP contribution in [0.5, 0.6) is 0 Å². The number of amides is 11. The normalized spacial score (nSPS) is 26.9. The Kier molecular flexibility index (Phi) is 31.5. The Morgan fingerprint density at radius 3 is 1.32 bits per heavy atom. The maximum Gasteiger partial charge on any atom is 0.246 e. The van der Waals surface area contributed by atoms with Crippen molar-refractivity contribution in [2.75, 3.05) is 55.9 Å². The number of allylic oxidation sites excluding steroid dienone is 2. The predicted octanol–water partition coefficient (Wildman–Crippen LogP) is 3.27. The molecule has 0 spiro atoms. The van der Waals surface area contributed by atoms with E-state index in [0.717, 1.165) is 9.80 Å². The number of hydrogen-bond acceptors (Lipinski definition) is 12. The van der Waals surface area contributed by atoms with Gasteiger partial charge in [0.15, 0.2) is 0 Å². The second kappa shape index (κ2) is 34.9. The molecule has 1 fully saturated rings. The van der Waals surface area contributed by atoms with Crippen molar-refractivity contribution in [3.05, 3.63) is 12.2 Å². The first-order valence-electron chi connectivity index (χ1n) is 30.6. The Hall–Kier alpha value is -6.13. The van der Waals surface area contributed by atoms with Gasteiger partial charge in [-0.25, -0.2) is 0 Å². The molecule has 1 rings (SSSR count). The van der Waals surface area contributed by atoms with Gasteiger partial charge in [-0.2, -0.15) is 0 Å². The van der Waals surface area contributed by atoms with E-state index in [4.69, 9.17) is 0 Å². The van der Waals surface area contributed by atoms with Crippen LogP contribution >= 0.6 is 0 Å². The van der Waals surface area contributed by atoms with Crippen molar-refractivity contribution in [1.82, 2.24) is 55.6 Å². The van der Waals surface area contributed by atoms with Crippen molar-refractivity contribution in [3.63, 3.8) is 0 Å². The molecule has 0 aromatic heterocycles. The summed E-state index contributed by atoms with van der Waals surface area (Å²) in [6.07, 6.45) is 3.04. The van der Waals surface area contributed by atoms with Crippen LogP contribution in [0.25, 0.3) is 0 Å². The van der Waals surface area contributed by atoms with E-state index in [-0.39, 0.29) is 55.8 Å². The number of rotatable bonds is 15. The van der Waals surface area contributed by atoms with E-state index in [0.29, 0.717) is 6.42 Å². The van der Waals surface area contributed by atoms with Gasteiger partial charge in [0, 0.05) is 49.3 Å². The summed E-state index contributed by atoms with van der Waals surface area (Å²) >= 11 is 0. The molecule has 12 atom stereocenters. The Labute approximate surface area is 508 Å². The van der Waals surface area contributed by atoms with E-state index in [1.165, 1.54) is 87.7 Å². The zero-order chi connectivity index (χ0) is 66.0. The Morgan fingerprint density at radius 2 is 0.871 bits per heavy atom. The first-order chi connectivity index (χ1) is 39.2. The molecule has 1 aliphatic rings. The molecule has 10 unspecified atom stereocenters. The lowest BCUT2D eigenvalue weighted by atomic mass is 9.91. The van der Waals surface area contributed by atoms with Crippen LogP contribution < -0.4 is 21.3 Å². The summed E-state index contributed by atoms with van der Waals surface area (Å²) in [5.41, 5.74) is 0. The summed E-state index contributed by atoms with van der Waals surface area (Å²) in [5, 5.41) is 23.1. The molecule has 0 aromatic rings. The van der Waals surface area contributed by atoms with Gasteiger partial charge < -0.3 is 60.7 Å². The molecule has 5 N–H and O–H groups in total. The van der Waals surface area contributed by atoms with Crippen molar-refractivity contribution in [2.24, 2.45) is 41.4 Å². The molecule has 0 bridgehead atoms. The molecular formula is C62H111N11O12. The fourth-order valence-corrected chi connectivity index (χ4v) is 10.7. The van der Waals surface area contributed by atoms with E-state index in [1.807, 2.05) is 61.5 Å². The maximum absolute atomic E-state index is 15.1. The van der Waals surface area contributed by atoms with Gasteiger partial charge in [-0.05, 0) is 101 Å². The lowest BCUT2D eigenvalue weighted by Gasteiger charge is -2.41. The molecule has 11 amide bonds. The highest BCUT2D eigenvalue weighted by Gasteiger charge is 2.45. The molecule has 1 saturated heterocycles. The smallest absolute Gasteiger partial charge is 0.246 e. The van der Waals surface area contributed by atoms with E-state index in [9.17, 15) is 48.3 Å². The van der Waals surface area contributed by atoms with Crippen molar-refractivity contribution in [1.29, 1.82) is 0 Å². The van der Waals surface area contributed by atoms with Crippen LogP contribution in [0.3, 0.4) is 0 Å². The number of hydrogen-bond donors (Lipinski definition) is 5. The number of aliphatic hydroxyl groups is 1. The second-order valence-corrected chi connectivity index (χ2v) is 26.1. The molecule has 1 heterocycles. The van der Waals surface area contributed by atoms with Gasteiger partial charge in [0.25, 0.3) is 0 Å². The number of carbonyl (C=O) groups is 11. The van der Waals surface area contributed by atoms with Crippen molar-refractivity contribution in [3.8, 4) is 0 Å². The zero-order valence-electron chi connectivity index (χ0n) is 56.1. The average Bonchev–Trinajstić information content (AvgIpc) is 3.62. The third-order valence-electron chi connectivity index (χ3n) is 16.1. The first kappa shape index (κ1) is 76.9. The lowest BCUT2D eigenvalue weighted by molar-refractivity contribution is -0.157. The van der Waals surface area contributed by atoms with Gasteiger partial charge in [0.2, 0.25) is 65.0 Å². The molecule has 23 nitrogen and oxygen atoms in total. The van der Waals surface area contributed by atoms with Crippen molar-refractivity contribution < 1.29 is 57.8 Å². The second-order valence-electron chi connectivity index (χ2n) is 26.1. The van der Waals surface area contributed by atoms with Gasteiger partial charge >= 0.3 is 0 Å². The zero-order valence-corrected chi connectivity index (χ0v) is 56.1. The number of nitrogens with zero attached hydrogens (tertiary/aromatic N) is 7. The highest BCUT2D eigenvalue weighted by atomic mass is 16.3. The number of nitrogens with one attached hydrogen (secondary N) is 4. The molecule has 486 valence electrons. The highest BCUT2D eigenvalue weighted by molar-refractivity contribution is 5.99. The minimum atomic E-state index is -1.61. The minimum absolute atomic E-state index is 0.0229. The molecule has 0 aliphatic carbocycles. The summed E-state index contributed by atoms with van der Waals surface area (Å²) in [6.45, 7) is 29.3. The topological polar surface area (TPSA) is 279 Å². The van der Waals surface area contributed by atoms with Gasteiger partial charge in [-0.1, -0.05) is 109 Å². The van der Waals surface area contributed by atoms with Crippen LogP contribution in [-0.2, 0) is 52.7 Å². The standard InChI is InChI=1S/C62H111N11O12/c1-25-27-28-40(15)52(75)51-56(79)65-43(26-2)58(81)67(18)33-48(74)68(19)44(29-34(3)4)55(78)66-49(38(11)12)61(84)69(20)45(30-35(5)6)54(77)63-41(16)53(76)64-42(17)57(80)70(21)46(31-36(7)8)59(82)71(22)47(32-37(9)10)60(83)72(23)50(39(13)14)62(85)73(51)24/h25,27,34-47,49-52,75H,26,28-33H2,1-24H3,(H,63,77)(H,64,76)(H,65,79)(H,66,78)/b27-25-/t40-,41?,42?,43?,44?,45?,46?,47?,49?,50?,51?,52+/m1/s1. The van der Waals surface area contributed by atoms with Crippen LogP contribution in [0.2, 0.25) is 0 Å². The van der Waals surface area contributed by atoms with Crippen molar-refractivity contribution >= 4 is 65.0 Å². The highest BCUT2D eigenvalue weighted by Crippen LogP contribution is 2.26. The molecule has 0 radical (unpaired) electrons. The lowest BCUT2D eigenvalue weighted by Crippen LogP contribution is -2.63. The maximum atomic E-state index is 15.1. The summed E-state index contributed by atoms with van der Waals surface area (Å²) in [7, 11) is 9.92. The van der Waals surface area contributed by atoms with Gasteiger partial charge in [0.1, 0.15) is 60.4 Å². The summed E-state index contributed by atoms with van der Waals surface area (Å²) in [6, 6.07) is -12.3. The Morgan fingerprint density at radius 1 is 0.459 bits per heavy atom. The SMILES string of the molecule is C/C=C\C[C@@H](C)[C@H](O)C1C(=O)NC(CC)C(=O)N(C)CC(=O)N(C)C(CC(C)C)C(=O)NC(C(C)C)C(=O)N(C)C(CC(C)C)C(=O)NC(C)C(=O)NC(C)C(=O)N(C)C(CC(C)C)C(=O)N(C)C(CC(C)C)C(=O)N(C)C(C(C)C)C(=O)N1C. The molecule has 85 heavy (non-hydrogen) atoms. The average molecular weight is 1200 g/mol. The van der Waals surface area contributed by atoms with Crippen molar-refractivity contribution in [2.45, 2.75) is 223 Å². The third-order valence-corrected chi connectivity index (χ3v) is 16.1. The number of aliphatic hydroxyl groups excluding tert-OH is 1. The first-order valence-corrected chi connectivity index (χ1v) is 30.6. The van der Waals surface area contributed by atoms with Crippen LogP contribution in [0, 0.1) is 41.4 Å². The summed E-state index contributed by atoms with van der Waals surface area (Å²) in [5.74, 6) is -9.71. The van der Waals surface area contributed by atoms with E-state index < -0.39 is 156 Å². The molecule has 1 aliphatic heterocycles. The van der Waals surface area contributed by atoms with Crippen LogP contribution in [0.1, 0.15) is 156 Å². The van der Waals surface area contributed by atoms with Gasteiger partial charge in [-0.15, -0.1) is 0 Å². The van der Waals surface area contributed by atoms with E-state index in [1.54, 1.807) is 54.5 Å². The van der Waals surface area contributed by atoms with Crippen LogP contribution in [0.4, 0.5) is 0 Å².